The van der Waals surface area contributed by atoms with Gasteiger partial charge in [0.05, 0.1) is 28.7 Å². The van der Waals surface area contributed by atoms with Gasteiger partial charge >= 0.3 is 0 Å². The second-order valence-corrected chi connectivity index (χ2v) is 4.59. The molecule has 78 valence electrons. The maximum atomic E-state index is 5.25. The van der Waals surface area contributed by atoms with Crippen molar-refractivity contribution in [1.82, 2.24) is 4.98 Å². The Morgan fingerprint density at radius 3 is 3.33 bits per heavy atom. The number of fused-ring (bicyclic) bond motifs is 1. The summed E-state index contributed by atoms with van der Waals surface area (Å²) >= 11 is 1.68. The lowest BCUT2D eigenvalue weighted by molar-refractivity contribution is 0.570. The first-order chi connectivity index (χ1) is 7.33. The molecule has 1 unspecified atom stereocenters. The Balaban J connectivity index is 1.87. The fourth-order valence-electron chi connectivity index (χ4n) is 1.71. The van der Waals surface area contributed by atoms with Gasteiger partial charge < -0.3 is 15.1 Å². The average molecular weight is 221 g/mol. The van der Waals surface area contributed by atoms with Gasteiger partial charge in [-0.1, -0.05) is 0 Å². The molecule has 0 spiro atoms. The summed E-state index contributed by atoms with van der Waals surface area (Å²) in [6, 6.07) is 2.16. The van der Waals surface area contributed by atoms with Crippen LogP contribution in [-0.2, 0) is 0 Å². The zero-order valence-electron chi connectivity index (χ0n) is 8.28. The largest absolute Gasteiger partial charge is 0.447 e. The lowest BCUT2D eigenvalue weighted by Crippen LogP contribution is -2.25. The second kappa shape index (κ2) is 3.27. The van der Waals surface area contributed by atoms with Crippen molar-refractivity contribution < 1.29 is 4.42 Å². The highest BCUT2D eigenvalue weighted by Gasteiger charge is 2.22. The van der Waals surface area contributed by atoms with E-state index in [9.17, 15) is 0 Å². The van der Waals surface area contributed by atoms with Crippen LogP contribution in [0, 0.1) is 6.92 Å². The van der Waals surface area contributed by atoms with Gasteiger partial charge in [0.2, 0.25) is 5.88 Å². The third-order valence-corrected chi connectivity index (χ3v) is 3.25. The molecule has 0 saturated carbocycles. The predicted molar refractivity (Wildman–Crippen MR) is 60.4 cm³/mol. The minimum atomic E-state index is 0.236. The number of aryl methyl sites for hydroxylation is 1. The molecule has 5 heteroatoms. The molecular weight excluding hydrogens is 210 g/mol. The topological polar surface area (TPSA) is 50.1 Å². The normalized spacial score (nSPS) is 19.1. The summed E-state index contributed by atoms with van der Waals surface area (Å²) in [7, 11) is 0. The van der Waals surface area contributed by atoms with Gasteiger partial charge in [-0.25, -0.2) is 4.98 Å². The van der Waals surface area contributed by atoms with E-state index >= 15 is 0 Å². The van der Waals surface area contributed by atoms with Crippen LogP contribution in [0.3, 0.4) is 0 Å². The molecule has 1 atom stereocenters. The maximum Gasteiger partial charge on any atom is 0.216 e. The average Bonchev–Trinajstić information content (AvgIpc) is 2.84. The van der Waals surface area contributed by atoms with E-state index < -0.39 is 0 Å². The zero-order chi connectivity index (χ0) is 10.3. The van der Waals surface area contributed by atoms with Gasteiger partial charge in [0.15, 0.2) is 0 Å². The van der Waals surface area contributed by atoms with Gasteiger partial charge in [0.25, 0.3) is 0 Å². The van der Waals surface area contributed by atoms with E-state index in [4.69, 9.17) is 4.42 Å². The number of rotatable bonds is 1. The monoisotopic (exact) mass is 221 g/mol. The van der Waals surface area contributed by atoms with Crippen molar-refractivity contribution in [3.05, 3.63) is 28.4 Å². The van der Waals surface area contributed by atoms with E-state index in [1.807, 2.05) is 13.0 Å². The highest BCUT2D eigenvalue weighted by atomic mass is 32.1. The first kappa shape index (κ1) is 8.79. The Bertz CT molecular complexity index is 476. The van der Waals surface area contributed by atoms with Gasteiger partial charge in [0, 0.05) is 18.0 Å². The Labute approximate surface area is 91.3 Å². The second-order valence-electron chi connectivity index (χ2n) is 3.53. The Morgan fingerprint density at radius 2 is 2.53 bits per heavy atom. The van der Waals surface area contributed by atoms with Crippen molar-refractivity contribution >= 4 is 22.9 Å². The van der Waals surface area contributed by atoms with Crippen molar-refractivity contribution in [3.63, 3.8) is 0 Å². The SMILES string of the molecule is Cc1nc(C2CNc3occc3N2)cs1. The quantitative estimate of drug-likeness (QED) is 0.777. The fraction of sp³-hybridized carbons (Fsp3) is 0.300. The molecule has 2 N–H and O–H groups in total. The summed E-state index contributed by atoms with van der Waals surface area (Å²) in [6.45, 7) is 2.83. The van der Waals surface area contributed by atoms with E-state index in [1.165, 1.54) is 0 Å². The Morgan fingerprint density at radius 1 is 1.60 bits per heavy atom. The molecule has 0 saturated heterocycles. The molecule has 15 heavy (non-hydrogen) atoms. The van der Waals surface area contributed by atoms with Crippen LogP contribution in [0.2, 0.25) is 0 Å². The number of furan rings is 1. The van der Waals surface area contributed by atoms with Gasteiger partial charge in [-0.3, -0.25) is 0 Å². The highest BCUT2D eigenvalue weighted by molar-refractivity contribution is 7.09. The first-order valence-corrected chi connectivity index (χ1v) is 5.71. The molecule has 0 amide bonds. The Kier molecular flexibility index (Phi) is 1.92. The summed E-state index contributed by atoms with van der Waals surface area (Å²) in [5.74, 6) is 0.818. The van der Waals surface area contributed by atoms with Crippen LogP contribution >= 0.6 is 11.3 Å². The fourth-order valence-corrected chi connectivity index (χ4v) is 2.38. The number of nitrogens with one attached hydrogen (secondary N) is 2. The number of hydrogen-bond acceptors (Lipinski definition) is 5. The molecular formula is C10H11N3OS. The molecule has 0 aliphatic carbocycles. The molecule has 2 aromatic rings. The molecule has 4 nitrogen and oxygen atoms in total. The molecule has 0 bridgehead atoms. The zero-order valence-corrected chi connectivity index (χ0v) is 9.10. The van der Waals surface area contributed by atoms with E-state index in [0.717, 1.165) is 28.8 Å². The summed E-state index contributed by atoms with van der Waals surface area (Å²) in [5, 5.41) is 9.83. The molecule has 3 heterocycles. The van der Waals surface area contributed by atoms with Gasteiger partial charge in [-0.15, -0.1) is 11.3 Å². The van der Waals surface area contributed by atoms with Crippen molar-refractivity contribution in [3.8, 4) is 0 Å². The summed E-state index contributed by atoms with van der Waals surface area (Å²) in [6.07, 6.45) is 1.68. The number of hydrogen-bond donors (Lipinski definition) is 2. The number of anilines is 2. The third-order valence-electron chi connectivity index (χ3n) is 2.46. The minimum absolute atomic E-state index is 0.236. The van der Waals surface area contributed by atoms with Crippen molar-refractivity contribution in [2.45, 2.75) is 13.0 Å². The standard InChI is InChI=1S/C10H11N3OS/c1-6-12-9(5-15-6)8-4-11-10-7(13-8)2-3-14-10/h2-3,5,8,11,13H,4H2,1H3. The van der Waals surface area contributed by atoms with Gasteiger partial charge in [-0.2, -0.15) is 0 Å². The lowest BCUT2D eigenvalue weighted by atomic mass is 10.2. The molecule has 1 aliphatic heterocycles. The van der Waals surface area contributed by atoms with Crippen LogP contribution in [0.15, 0.2) is 22.1 Å². The molecule has 0 aromatic carbocycles. The van der Waals surface area contributed by atoms with Crippen LogP contribution in [0.25, 0.3) is 0 Å². The molecule has 3 rings (SSSR count). The number of nitrogens with zero attached hydrogens (tertiary/aromatic N) is 1. The maximum absolute atomic E-state index is 5.25. The van der Waals surface area contributed by atoms with Crippen LogP contribution in [0.5, 0.6) is 0 Å². The van der Waals surface area contributed by atoms with Crippen LogP contribution in [0.1, 0.15) is 16.7 Å². The predicted octanol–water partition coefficient (Wildman–Crippen LogP) is 2.62. The van der Waals surface area contributed by atoms with Crippen molar-refractivity contribution in [2.24, 2.45) is 0 Å². The third kappa shape index (κ3) is 1.48. The summed E-state index contributed by atoms with van der Waals surface area (Å²) < 4.78 is 5.25. The van der Waals surface area contributed by atoms with E-state index in [0.29, 0.717) is 0 Å². The van der Waals surface area contributed by atoms with Crippen LogP contribution in [-0.4, -0.2) is 11.5 Å². The van der Waals surface area contributed by atoms with E-state index in [2.05, 4.69) is 21.0 Å². The highest BCUT2D eigenvalue weighted by Crippen LogP contribution is 2.32. The summed E-state index contributed by atoms with van der Waals surface area (Å²) in [5.41, 5.74) is 2.11. The first-order valence-electron chi connectivity index (χ1n) is 4.83. The van der Waals surface area contributed by atoms with E-state index in [-0.39, 0.29) is 6.04 Å². The van der Waals surface area contributed by atoms with Gasteiger partial charge in [-0.05, 0) is 6.92 Å². The minimum Gasteiger partial charge on any atom is -0.447 e. The smallest absolute Gasteiger partial charge is 0.216 e. The molecule has 2 aromatic heterocycles. The van der Waals surface area contributed by atoms with Crippen LogP contribution < -0.4 is 10.6 Å². The lowest BCUT2D eigenvalue weighted by Gasteiger charge is -2.23. The summed E-state index contributed by atoms with van der Waals surface area (Å²) in [4.78, 5) is 4.48. The molecule has 0 fully saturated rings. The molecule has 1 aliphatic rings. The van der Waals surface area contributed by atoms with E-state index in [1.54, 1.807) is 17.6 Å². The Hall–Kier alpha value is -1.49. The van der Waals surface area contributed by atoms with Gasteiger partial charge in [0.1, 0.15) is 0 Å². The number of thiazole rings is 1. The molecule has 0 radical (unpaired) electrons. The number of aromatic nitrogens is 1. The van der Waals surface area contributed by atoms with Crippen molar-refractivity contribution in [1.29, 1.82) is 0 Å². The van der Waals surface area contributed by atoms with Crippen LogP contribution in [0.4, 0.5) is 11.6 Å². The van der Waals surface area contributed by atoms with Crippen molar-refractivity contribution in [2.75, 3.05) is 17.2 Å².